The molecule has 0 aliphatic carbocycles. The number of ether oxygens (including phenoxy) is 1. The fraction of sp³-hybridized carbons (Fsp3) is 0.286. The van der Waals surface area contributed by atoms with Gasteiger partial charge in [0.05, 0.1) is 6.42 Å². The van der Waals surface area contributed by atoms with E-state index in [0.29, 0.717) is 0 Å². The van der Waals surface area contributed by atoms with Gasteiger partial charge < -0.3 is 9.84 Å². The maximum absolute atomic E-state index is 11.5. The van der Waals surface area contributed by atoms with Crippen LogP contribution in [0.2, 0.25) is 0 Å². The van der Waals surface area contributed by atoms with Crippen molar-refractivity contribution in [2.24, 2.45) is 0 Å². The summed E-state index contributed by atoms with van der Waals surface area (Å²) in [7, 11) is 0. The summed E-state index contributed by atoms with van der Waals surface area (Å²) in [5, 5.41) is 8.98. The van der Waals surface area contributed by atoms with Gasteiger partial charge in [-0.3, -0.25) is 4.79 Å². The molecule has 1 aromatic carbocycles. The molecule has 96 valence electrons. The van der Waals surface area contributed by atoms with Crippen LogP contribution in [0, 0.1) is 6.92 Å². The maximum atomic E-state index is 11.5. The van der Waals surface area contributed by atoms with Gasteiger partial charge in [-0.2, -0.15) is 0 Å². The van der Waals surface area contributed by atoms with Crippen molar-refractivity contribution in [3.8, 4) is 5.75 Å². The van der Waals surface area contributed by atoms with E-state index < -0.39 is 11.9 Å². The van der Waals surface area contributed by atoms with Crippen LogP contribution < -0.4 is 4.74 Å². The number of hydrogen-bond acceptors (Lipinski definition) is 3. The van der Waals surface area contributed by atoms with E-state index in [1.54, 1.807) is 25.1 Å². The number of aryl methyl sites for hydroxylation is 1. The van der Waals surface area contributed by atoms with E-state index in [2.05, 4.69) is 0 Å². The average Bonchev–Trinajstić information content (AvgIpc) is 2.29. The van der Waals surface area contributed by atoms with Gasteiger partial charge in [0.25, 0.3) is 0 Å². The zero-order chi connectivity index (χ0) is 13.5. The van der Waals surface area contributed by atoms with E-state index in [9.17, 15) is 9.59 Å². The fourth-order valence-corrected chi connectivity index (χ4v) is 1.40. The Morgan fingerprint density at radius 3 is 2.67 bits per heavy atom. The Hall–Kier alpha value is -2.10. The van der Waals surface area contributed by atoms with E-state index in [4.69, 9.17) is 9.84 Å². The molecule has 18 heavy (non-hydrogen) atoms. The number of hydrogen-bond donors (Lipinski definition) is 1. The molecule has 0 atom stereocenters. The first-order chi connectivity index (χ1) is 8.54. The highest BCUT2D eigenvalue weighted by molar-refractivity contribution is 5.92. The van der Waals surface area contributed by atoms with Crippen LogP contribution in [0.5, 0.6) is 5.75 Å². The normalized spacial score (nSPS) is 10.6. The molecule has 0 spiro atoms. The molecule has 0 unspecified atom stereocenters. The predicted molar refractivity (Wildman–Crippen MR) is 67.8 cm³/mol. The Balaban J connectivity index is 2.82. The van der Waals surface area contributed by atoms with E-state index in [0.717, 1.165) is 12.0 Å². The van der Waals surface area contributed by atoms with E-state index in [1.165, 1.54) is 6.07 Å². The monoisotopic (exact) mass is 248 g/mol. The van der Waals surface area contributed by atoms with Crippen molar-refractivity contribution >= 4 is 11.9 Å². The van der Waals surface area contributed by atoms with Crippen molar-refractivity contribution in [1.82, 2.24) is 0 Å². The van der Waals surface area contributed by atoms with Gasteiger partial charge in [0, 0.05) is 0 Å². The van der Waals surface area contributed by atoms with Crippen LogP contribution in [-0.2, 0) is 4.79 Å². The van der Waals surface area contributed by atoms with E-state index >= 15 is 0 Å². The number of carbonyl (C=O) groups excluding carboxylic acids is 1. The molecular formula is C14H16O4. The average molecular weight is 248 g/mol. The Labute approximate surface area is 106 Å². The number of rotatable bonds is 5. The molecular weight excluding hydrogens is 232 g/mol. The highest BCUT2D eigenvalue weighted by atomic mass is 16.5. The van der Waals surface area contributed by atoms with Crippen molar-refractivity contribution in [3.05, 3.63) is 41.5 Å². The molecule has 0 aromatic heterocycles. The van der Waals surface area contributed by atoms with Crippen molar-refractivity contribution < 1.29 is 19.4 Å². The lowest BCUT2D eigenvalue weighted by Crippen LogP contribution is -2.10. The first kappa shape index (κ1) is 14.0. The highest BCUT2D eigenvalue weighted by Crippen LogP contribution is 2.20. The van der Waals surface area contributed by atoms with Gasteiger partial charge in [-0.05, 0) is 31.0 Å². The minimum Gasteiger partial charge on any atom is -0.478 e. The second kappa shape index (κ2) is 6.59. The van der Waals surface area contributed by atoms with Crippen molar-refractivity contribution in [1.29, 1.82) is 0 Å². The van der Waals surface area contributed by atoms with Crippen molar-refractivity contribution in [3.63, 3.8) is 0 Å². The number of allylic oxidation sites excluding steroid dienone is 1. The second-order valence-electron chi connectivity index (χ2n) is 3.86. The first-order valence-electron chi connectivity index (χ1n) is 5.74. The lowest BCUT2D eigenvalue weighted by Gasteiger charge is -2.07. The maximum Gasteiger partial charge on any atom is 0.339 e. The summed E-state index contributed by atoms with van der Waals surface area (Å²) in [4.78, 5) is 22.5. The number of benzene rings is 1. The lowest BCUT2D eigenvalue weighted by atomic mass is 10.1. The molecule has 1 N–H and O–H groups in total. The van der Waals surface area contributed by atoms with Crippen LogP contribution in [0.3, 0.4) is 0 Å². The third-order valence-electron chi connectivity index (χ3n) is 2.28. The fourth-order valence-electron chi connectivity index (χ4n) is 1.40. The Morgan fingerprint density at radius 2 is 2.06 bits per heavy atom. The van der Waals surface area contributed by atoms with Gasteiger partial charge in [0.1, 0.15) is 11.3 Å². The Kier molecular flexibility index (Phi) is 5.11. The third-order valence-corrected chi connectivity index (χ3v) is 2.28. The second-order valence-corrected chi connectivity index (χ2v) is 3.86. The molecule has 0 fully saturated rings. The standard InChI is InChI=1S/C14H16O4/c1-3-4-5-6-13(15)18-12-9-10(2)7-8-11(12)14(16)17/h4-5,7-9H,3,6H2,1-2H3,(H,16,17)/b5-4-. The summed E-state index contributed by atoms with van der Waals surface area (Å²) in [5.74, 6) is -1.48. The zero-order valence-electron chi connectivity index (χ0n) is 10.5. The Morgan fingerprint density at radius 1 is 1.33 bits per heavy atom. The molecule has 0 bridgehead atoms. The summed E-state index contributed by atoms with van der Waals surface area (Å²) in [5.41, 5.74) is 0.834. The lowest BCUT2D eigenvalue weighted by molar-refractivity contribution is -0.133. The molecule has 0 aliphatic rings. The van der Waals surface area contributed by atoms with Gasteiger partial charge in [-0.25, -0.2) is 4.79 Å². The van der Waals surface area contributed by atoms with Crippen LogP contribution in [0.1, 0.15) is 35.7 Å². The number of carboxylic acid groups (broad SMARTS) is 1. The summed E-state index contributed by atoms with van der Waals surface area (Å²) < 4.78 is 5.06. The van der Waals surface area contributed by atoms with E-state index in [1.807, 2.05) is 13.0 Å². The van der Waals surface area contributed by atoms with Crippen LogP contribution in [0.4, 0.5) is 0 Å². The van der Waals surface area contributed by atoms with Crippen molar-refractivity contribution in [2.75, 3.05) is 0 Å². The van der Waals surface area contributed by atoms with Gasteiger partial charge in [0.2, 0.25) is 0 Å². The smallest absolute Gasteiger partial charge is 0.339 e. The summed E-state index contributed by atoms with van der Waals surface area (Å²) in [6, 6.07) is 4.64. The van der Waals surface area contributed by atoms with E-state index in [-0.39, 0.29) is 17.7 Å². The molecule has 4 nitrogen and oxygen atoms in total. The minimum atomic E-state index is -1.11. The molecule has 0 saturated carbocycles. The SMILES string of the molecule is CC/C=C\CC(=O)Oc1cc(C)ccc1C(=O)O. The minimum absolute atomic E-state index is 0.00609. The number of carboxylic acids is 1. The van der Waals surface area contributed by atoms with Crippen LogP contribution in [0.15, 0.2) is 30.4 Å². The molecule has 0 radical (unpaired) electrons. The quantitative estimate of drug-likeness (QED) is 0.494. The first-order valence-corrected chi connectivity index (χ1v) is 5.74. The van der Waals surface area contributed by atoms with Gasteiger partial charge in [0.15, 0.2) is 0 Å². The van der Waals surface area contributed by atoms with Crippen LogP contribution >= 0.6 is 0 Å². The molecule has 0 heterocycles. The number of aromatic carboxylic acids is 1. The predicted octanol–water partition coefficient (Wildman–Crippen LogP) is 2.95. The van der Waals surface area contributed by atoms with Crippen LogP contribution in [0.25, 0.3) is 0 Å². The summed E-state index contributed by atoms with van der Waals surface area (Å²) in [6.45, 7) is 3.77. The Bertz CT molecular complexity index is 475. The molecule has 0 aliphatic heterocycles. The third kappa shape index (κ3) is 4.05. The van der Waals surface area contributed by atoms with Crippen LogP contribution in [-0.4, -0.2) is 17.0 Å². The molecule has 0 saturated heterocycles. The zero-order valence-corrected chi connectivity index (χ0v) is 10.5. The molecule has 4 heteroatoms. The molecule has 1 aromatic rings. The summed E-state index contributed by atoms with van der Waals surface area (Å²) >= 11 is 0. The van der Waals surface area contributed by atoms with Gasteiger partial charge in [-0.15, -0.1) is 0 Å². The van der Waals surface area contributed by atoms with Gasteiger partial charge in [-0.1, -0.05) is 25.1 Å². The highest BCUT2D eigenvalue weighted by Gasteiger charge is 2.13. The van der Waals surface area contributed by atoms with Gasteiger partial charge >= 0.3 is 11.9 Å². The molecule has 0 amide bonds. The largest absolute Gasteiger partial charge is 0.478 e. The topological polar surface area (TPSA) is 63.6 Å². The summed E-state index contributed by atoms with van der Waals surface area (Å²) in [6.07, 6.45) is 4.55. The molecule has 1 rings (SSSR count). The van der Waals surface area contributed by atoms with Crippen molar-refractivity contribution in [2.45, 2.75) is 26.7 Å². The number of esters is 1. The number of carbonyl (C=O) groups is 2.